The smallest absolute Gasteiger partial charge is 0.305 e. The molecule has 1 amide bonds. The number of rotatable bonds is 4. The molecule has 0 aliphatic carbocycles. The summed E-state index contributed by atoms with van der Waals surface area (Å²) >= 11 is 7.66. The fourth-order valence-corrected chi connectivity index (χ4v) is 3.68. The summed E-state index contributed by atoms with van der Waals surface area (Å²) < 4.78 is 0. The molecule has 2 atom stereocenters. The van der Waals surface area contributed by atoms with Crippen molar-refractivity contribution >= 4 is 35.2 Å². The first kappa shape index (κ1) is 14.2. The second-order valence-electron chi connectivity index (χ2n) is 4.33. The van der Waals surface area contributed by atoms with Crippen LogP contribution in [0.4, 0.5) is 0 Å². The molecule has 102 valence electrons. The highest BCUT2D eigenvalue weighted by molar-refractivity contribution is 8.01. The molecule has 1 saturated heterocycles. The summed E-state index contributed by atoms with van der Waals surface area (Å²) in [7, 11) is 0. The Kier molecular flexibility index (Phi) is 4.37. The van der Waals surface area contributed by atoms with Crippen LogP contribution in [0.3, 0.4) is 0 Å². The minimum Gasteiger partial charge on any atom is -0.481 e. The zero-order valence-electron chi connectivity index (χ0n) is 10.4. The molecule has 1 aromatic carbocycles. The van der Waals surface area contributed by atoms with Crippen molar-refractivity contribution < 1.29 is 14.7 Å². The Labute approximate surface area is 120 Å². The first-order chi connectivity index (χ1) is 9.00. The number of benzene rings is 1. The molecular weight excluding hydrogens is 286 g/mol. The summed E-state index contributed by atoms with van der Waals surface area (Å²) in [6, 6.07) is 7.35. The largest absolute Gasteiger partial charge is 0.481 e. The highest BCUT2D eigenvalue weighted by Crippen LogP contribution is 2.44. The van der Waals surface area contributed by atoms with Gasteiger partial charge in [0.1, 0.15) is 5.37 Å². The molecule has 4 nitrogen and oxygen atoms in total. The molecule has 0 unspecified atom stereocenters. The van der Waals surface area contributed by atoms with E-state index in [1.807, 2.05) is 25.1 Å². The van der Waals surface area contributed by atoms with Crippen LogP contribution in [-0.2, 0) is 9.59 Å². The van der Waals surface area contributed by atoms with Gasteiger partial charge < -0.3 is 10.0 Å². The van der Waals surface area contributed by atoms with Crippen molar-refractivity contribution in [2.75, 3.05) is 6.54 Å². The number of nitrogens with zero attached hydrogens (tertiary/aromatic N) is 1. The maximum Gasteiger partial charge on any atom is 0.305 e. The van der Waals surface area contributed by atoms with Gasteiger partial charge in [-0.2, -0.15) is 0 Å². The lowest BCUT2D eigenvalue weighted by Crippen LogP contribution is -2.32. The number of thioether (sulfide) groups is 1. The Bertz CT molecular complexity index is 508. The van der Waals surface area contributed by atoms with E-state index in [0.717, 1.165) is 5.56 Å². The van der Waals surface area contributed by atoms with Gasteiger partial charge in [-0.05, 0) is 13.0 Å². The molecular formula is C13H14ClNO3S. The number of amides is 1. The molecule has 0 radical (unpaired) electrons. The summed E-state index contributed by atoms with van der Waals surface area (Å²) in [6.07, 6.45) is -0.0556. The van der Waals surface area contributed by atoms with Gasteiger partial charge in [-0.3, -0.25) is 9.59 Å². The van der Waals surface area contributed by atoms with Crippen molar-refractivity contribution in [3.05, 3.63) is 34.9 Å². The van der Waals surface area contributed by atoms with Crippen molar-refractivity contribution in [2.45, 2.75) is 24.0 Å². The molecule has 1 heterocycles. The monoisotopic (exact) mass is 299 g/mol. The Morgan fingerprint density at radius 3 is 2.79 bits per heavy atom. The van der Waals surface area contributed by atoms with Gasteiger partial charge in [-0.25, -0.2) is 0 Å². The van der Waals surface area contributed by atoms with Gasteiger partial charge >= 0.3 is 5.97 Å². The SMILES string of the molecule is C[C@H]1S[C@H](c2ccccc2Cl)N(CCC(=O)O)C1=O. The Morgan fingerprint density at radius 2 is 2.16 bits per heavy atom. The molecule has 2 rings (SSSR count). The molecule has 1 aliphatic heterocycles. The molecule has 1 aromatic rings. The topological polar surface area (TPSA) is 57.6 Å². The van der Waals surface area contributed by atoms with Crippen LogP contribution in [0.5, 0.6) is 0 Å². The van der Waals surface area contributed by atoms with Gasteiger partial charge in [0.05, 0.1) is 11.7 Å². The molecule has 0 bridgehead atoms. The van der Waals surface area contributed by atoms with E-state index in [0.29, 0.717) is 5.02 Å². The fourth-order valence-electron chi connectivity index (χ4n) is 2.03. The number of halogens is 1. The third kappa shape index (κ3) is 3.04. The first-order valence-corrected chi connectivity index (χ1v) is 7.25. The van der Waals surface area contributed by atoms with E-state index in [4.69, 9.17) is 16.7 Å². The lowest BCUT2D eigenvalue weighted by atomic mass is 10.2. The van der Waals surface area contributed by atoms with E-state index in [1.54, 1.807) is 11.0 Å². The first-order valence-electron chi connectivity index (χ1n) is 5.93. The van der Waals surface area contributed by atoms with Gasteiger partial charge in [-0.15, -0.1) is 11.8 Å². The maximum atomic E-state index is 12.1. The van der Waals surface area contributed by atoms with Crippen molar-refractivity contribution in [1.82, 2.24) is 4.90 Å². The second-order valence-corrected chi connectivity index (χ2v) is 6.16. The van der Waals surface area contributed by atoms with E-state index < -0.39 is 5.97 Å². The predicted molar refractivity (Wildman–Crippen MR) is 75.2 cm³/mol. The third-order valence-corrected chi connectivity index (χ3v) is 4.71. The third-order valence-electron chi connectivity index (χ3n) is 2.98. The lowest BCUT2D eigenvalue weighted by Gasteiger charge is -2.24. The maximum absolute atomic E-state index is 12.1. The molecule has 1 N–H and O–H groups in total. The highest BCUT2D eigenvalue weighted by Gasteiger charge is 2.39. The van der Waals surface area contributed by atoms with E-state index in [-0.39, 0.29) is 29.5 Å². The average Bonchev–Trinajstić information content (AvgIpc) is 2.64. The number of hydrogen-bond acceptors (Lipinski definition) is 3. The second kappa shape index (κ2) is 5.84. The van der Waals surface area contributed by atoms with Gasteiger partial charge in [0, 0.05) is 17.1 Å². The number of aliphatic carboxylic acids is 1. The molecule has 19 heavy (non-hydrogen) atoms. The van der Waals surface area contributed by atoms with Crippen LogP contribution < -0.4 is 0 Å². The van der Waals surface area contributed by atoms with Crippen molar-refractivity contribution in [3.63, 3.8) is 0 Å². The summed E-state index contributed by atoms with van der Waals surface area (Å²) in [5.41, 5.74) is 0.859. The Hall–Kier alpha value is -1.20. The van der Waals surface area contributed by atoms with Gasteiger partial charge in [0.2, 0.25) is 5.91 Å². The van der Waals surface area contributed by atoms with Crippen molar-refractivity contribution in [1.29, 1.82) is 0 Å². The average molecular weight is 300 g/mol. The minimum absolute atomic E-state index is 0.0313. The zero-order valence-corrected chi connectivity index (χ0v) is 11.9. The van der Waals surface area contributed by atoms with E-state index in [9.17, 15) is 9.59 Å². The number of carbonyl (C=O) groups is 2. The summed E-state index contributed by atoms with van der Waals surface area (Å²) in [5, 5.41) is 9.00. The standard InChI is InChI=1S/C13H14ClNO3S/c1-8-12(18)15(7-6-11(16)17)13(19-8)9-4-2-3-5-10(9)14/h2-5,8,13H,6-7H2,1H3,(H,16,17)/t8-,13-/m1/s1. The predicted octanol–water partition coefficient (Wildman–Crippen LogP) is 2.78. The molecule has 0 spiro atoms. The van der Waals surface area contributed by atoms with Gasteiger partial charge in [-0.1, -0.05) is 29.8 Å². The molecule has 1 fully saturated rings. The highest BCUT2D eigenvalue weighted by atomic mass is 35.5. The minimum atomic E-state index is -0.907. The fraction of sp³-hybridized carbons (Fsp3) is 0.385. The lowest BCUT2D eigenvalue weighted by molar-refractivity contribution is -0.138. The molecule has 1 aliphatic rings. The van der Waals surface area contributed by atoms with E-state index >= 15 is 0 Å². The van der Waals surface area contributed by atoms with Crippen molar-refractivity contribution in [2.24, 2.45) is 0 Å². The normalized spacial score (nSPS) is 22.8. The number of hydrogen-bond donors (Lipinski definition) is 1. The number of carboxylic acids is 1. The van der Waals surface area contributed by atoms with Crippen LogP contribution in [0, 0.1) is 0 Å². The van der Waals surface area contributed by atoms with Crippen LogP contribution in [-0.4, -0.2) is 33.7 Å². The molecule has 6 heteroatoms. The van der Waals surface area contributed by atoms with Crippen LogP contribution in [0.25, 0.3) is 0 Å². The summed E-state index contributed by atoms with van der Waals surface area (Å²) in [4.78, 5) is 24.4. The van der Waals surface area contributed by atoms with E-state index in [1.165, 1.54) is 11.8 Å². The summed E-state index contributed by atoms with van der Waals surface area (Å²) in [6.45, 7) is 2.04. The number of carboxylic acid groups (broad SMARTS) is 1. The van der Waals surface area contributed by atoms with Crippen LogP contribution in [0.2, 0.25) is 5.02 Å². The molecule has 0 saturated carbocycles. The van der Waals surface area contributed by atoms with Crippen LogP contribution in [0.1, 0.15) is 24.3 Å². The van der Waals surface area contributed by atoms with Gasteiger partial charge in [0.25, 0.3) is 0 Å². The summed E-state index contributed by atoms with van der Waals surface area (Å²) in [5.74, 6) is -0.938. The Morgan fingerprint density at radius 1 is 1.47 bits per heavy atom. The van der Waals surface area contributed by atoms with Crippen LogP contribution >= 0.6 is 23.4 Å². The Balaban J connectivity index is 2.25. The van der Waals surface area contributed by atoms with E-state index in [2.05, 4.69) is 0 Å². The number of carbonyl (C=O) groups excluding carboxylic acids is 1. The van der Waals surface area contributed by atoms with Crippen LogP contribution in [0.15, 0.2) is 24.3 Å². The zero-order chi connectivity index (χ0) is 14.0. The quantitative estimate of drug-likeness (QED) is 0.929. The molecule has 0 aromatic heterocycles. The van der Waals surface area contributed by atoms with Crippen molar-refractivity contribution in [3.8, 4) is 0 Å². The van der Waals surface area contributed by atoms with Gasteiger partial charge in [0.15, 0.2) is 0 Å².